The Morgan fingerprint density at radius 3 is 2.48 bits per heavy atom. The molecule has 1 fully saturated rings. The van der Waals surface area contributed by atoms with Crippen molar-refractivity contribution in [3.05, 3.63) is 71.1 Å². The number of ether oxygens (including phenoxy) is 1. The molecule has 0 atom stereocenters. The van der Waals surface area contributed by atoms with E-state index < -0.39 is 5.91 Å². The van der Waals surface area contributed by atoms with Gasteiger partial charge in [0.25, 0.3) is 11.8 Å². The van der Waals surface area contributed by atoms with Crippen molar-refractivity contribution in [2.75, 3.05) is 31.6 Å². The van der Waals surface area contributed by atoms with Crippen LogP contribution in [0.5, 0.6) is 0 Å². The number of carbonyl (C=O) groups excluding carboxylic acids is 2. The van der Waals surface area contributed by atoms with Crippen LogP contribution in [0.3, 0.4) is 0 Å². The highest BCUT2D eigenvalue weighted by atomic mass is 19.1. The SMILES string of the molecule is Cc1c(NC(=O)c2nc(C)n(-c3ccc(F)cc3)n2)cccc1C(=O)N1CCOCC1. The number of aromatic nitrogens is 3. The first kappa shape index (κ1) is 20.7. The molecular weight excluding hydrogens is 401 g/mol. The average Bonchev–Trinajstić information content (AvgIpc) is 3.17. The van der Waals surface area contributed by atoms with E-state index in [1.807, 2.05) is 0 Å². The molecule has 1 saturated heterocycles. The van der Waals surface area contributed by atoms with Crippen LogP contribution < -0.4 is 5.32 Å². The molecule has 2 aromatic carbocycles. The molecule has 31 heavy (non-hydrogen) atoms. The van der Waals surface area contributed by atoms with Gasteiger partial charge in [0.2, 0.25) is 5.82 Å². The van der Waals surface area contributed by atoms with Crippen LogP contribution >= 0.6 is 0 Å². The molecule has 1 aromatic heterocycles. The fourth-order valence-corrected chi connectivity index (χ4v) is 3.43. The molecule has 2 heterocycles. The van der Waals surface area contributed by atoms with Crippen molar-refractivity contribution in [3.63, 3.8) is 0 Å². The Labute approximate surface area is 178 Å². The summed E-state index contributed by atoms with van der Waals surface area (Å²) in [6.07, 6.45) is 0. The van der Waals surface area contributed by atoms with Crippen LogP contribution in [0, 0.1) is 19.7 Å². The van der Waals surface area contributed by atoms with Gasteiger partial charge in [-0.3, -0.25) is 9.59 Å². The number of hydrogen-bond donors (Lipinski definition) is 1. The fraction of sp³-hybridized carbons (Fsp3) is 0.273. The fourth-order valence-electron chi connectivity index (χ4n) is 3.43. The van der Waals surface area contributed by atoms with E-state index in [9.17, 15) is 14.0 Å². The van der Waals surface area contributed by atoms with Gasteiger partial charge in [-0.2, -0.15) is 0 Å². The Morgan fingerprint density at radius 2 is 1.77 bits per heavy atom. The topological polar surface area (TPSA) is 89.3 Å². The number of nitrogens with zero attached hydrogens (tertiary/aromatic N) is 4. The lowest BCUT2D eigenvalue weighted by molar-refractivity contribution is 0.0302. The molecule has 0 radical (unpaired) electrons. The molecule has 1 aliphatic heterocycles. The van der Waals surface area contributed by atoms with Crippen LogP contribution in [0.25, 0.3) is 5.69 Å². The summed E-state index contributed by atoms with van der Waals surface area (Å²) < 4.78 is 20.0. The first-order valence-corrected chi connectivity index (χ1v) is 9.91. The third-order valence-corrected chi connectivity index (χ3v) is 5.15. The number of hydrogen-bond acceptors (Lipinski definition) is 5. The second kappa shape index (κ2) is 8.65. The number of nitrogens with one attached hydrogen (secondary N) is 1. The van der Waals surface area contributed by atoms with Crippen LogP contribution in [0.2, 0.25) is 0 Å². The van der Waals surface area contributed by atoms with Crippen molar-refractivity contribution in [2.45, 2.75) is 13.8 Å². The molecular formula is C22H22FN5O3. The third-order valence-electron chi connectivity index (χ3n) is 5.15. The van der Waals surface area contributed by atoms with Crippen LogP contribution in [0.15, 0.2) is 42.5 Å². The number of aryl methyl sites for hydroxylation is 1. The largest absolute Gasteiger partial charge is 0.378 e. The predicted octanol–water partition coefficient (Wildman–Crippen LogP) is 2.75. The zero-order chi connectivity index (χ0) is 22.0. The number of amides is 2. The van der Waals surface area contributed by atoms with Gasteiger partial charge < -0.3 is 15.0 Å². The molecule has 2 amide bonds. The highest BCUT2D eigenvalue weighted by Gasteiger charge is 2.22. The van der Waals surface area contributed by atoms with E-state index in [1.165, 1.54) is 16.8 Å². The highest BCUT2D eigenvalue weighted by Crippen LogP contribution is 2.22. The standard InChI is InChI=1S/C22H22FN5O3/c1-14-18(22(30)27-10-12-31-13-11-27)4-3-5-19(14)25-21(29)20-24-15(2)28(26-20)17-8-6-16(23)7-9-17/h3-9H,10-13H2,1-2H3,(H,25,29). The van der Waals surface area contributed by atoms with Crippen molar-refractivity contribution in [1.29, 1.82) is 0 Å². The molecule has 160 valence electrons. The lowest BCUT2D eigenvalue weighted by Gasteiger charge is -2.27. The molecule has 1 N–H and O–H groups in total. The Hall–Kier alpha value is -3.59. The minimum absolute atomic E-state index is 0.0221. The van der Waals surface area contributed by atoms with Gasteiger partial charge >= 0.3 is 0 Å². The summed E-state index contributed by atoms with van der Waals surface area (Å²) in [5, 5.41) is 7.04. The second-order valence-electron chi connectivity index (χ2n) is 7.21. The van der Waals surface area contributed by atoms with Gasteiger partial charge in [0.1, 0.15) is 11.6 Å². The van der Waals surface area contributed by atoms with Gasteiger partial charge in [-0.15, -0.1) is 5.10 Å². The minimum Gasteiger partial charge on any atom is -0.378 e. The molecule has 0 unspecified atom stereocenters. The number of rotatable bonds is 4. The smallest absolute Gasteiger partial charge is 0.295 e. The summed E-state index contributed by atoms with van der Waals surface area (Å²) in [5.74, 6) is -0.480. The Balaban J connectivity index is 1.54. The van der Waals surface area contributed by atoms with E-state index in [2.05, 4.69) is 15.4 Å². The number of carbonyl (C=O) groups is 2. The summed E-state index contributed by atoms with van der Waals surface area (Å²) in [7, 11) is 0. The Bertz CT molecular complexity index is 1120. The van der Waals surface area contributed by atoms with Gasteiger partial charge in [0.15, 0.2) is 0 Å². The van der Waals surface area contributed by atoms with Crippen molar-refractivity contribution >= 4 is 17.5 Å². The first-order valence-electron chi connectivity index (χ1n) is 9.91. The summed E-state index contributed by atoms with van der Waals surface area (Å²) >= 11 is 0. The van der Waals surface area contributed by atoms with Gasteiger partial charge in [0, 0.05) is 24.3 Å². The van der Waals surface area contributed by atoms with Crippen molar-refractivity contribution in [2.24, 2.45) is 0 Å². The van der Waals surface area contributed by atoms with Crippen molar-refractivity contribution in [3.8, 4) is 5.69 Å². The van der Waals surface area contributed by atoms with Crippen molar-refractivity contribution < 1.29 is 18.7 Å². The molecule has 0 aliphatic carbocycles. The molecule has 1 aliphatic rings. The van der Waals surface area contributed by atoms with E-state index in [1.54, 1.807) is 49.1 Å². The molecule has 0 saturated carbocycles. The summed E-state index contributed by atoms with van der Waals surface area (Å²) in [6, 6.07) is 11.0. The van der Waals surface area contributed by atoms with Crippen molar-refractivity contribution in [1.82, 2.24) is 19.7 Å². The van der Waals surface area contributed by atoms with Crippen LogP contribution in [0.1, 0.15) is 32.4 Å². The van der Waals surface area contributed by atoms with Crippen LogP contribution in [0.4, 0.5) is 10.1 Å². The lowest BCUT2D eigenvalue weighted by Crippen LogP contribution is -2.41. The zero-order valence-corrected chi connectivity index (χ0v) is 17.3. The average molecular weight is 423 g/mol. The van der Waals surface area contributed by atoms with Gasteiger partial charge in [-0.1, -0.05) is 6.07 Å². The number of anilines is 1. The van der Waals surface area contributed by atoms with Gasteiger partial charge in [-0.05, 0) is 55.8 Å². The second-order valence-corrected chi connectivity index (χ2v) is 7.21. The molecule has 3 aromatic rings. The van der Waals surface area contributed by atoms with E-state index in [0.717, 1.165) is 0 Å². The van der Waals surface area contributed by atoms with E-state index in [4.69, 9.17) is 4.74 Å². The maximum Gasteiger partial charge on any atom is 0.295 e. The van der Waals surface area contributed by atoms with E-state index >= 15 is 0 Å². The Kier molecular flexibility index (Phi) is 5.77. The van der Waals surface area contributed by atoms with E-state index in [0.29, 0.717) is 54.6 Å². The third kappa shape index (κ3) is 4.31. The van der Waals surface area contributed by atoms with Crippen LogP contribution in [-0.2, 0) is 4.74 Å². The first-order chi connectivity index (χ1) is 14.9. The van der Waals surface area contributed by atoms with Gasteiger partial charge in [-0.25, -0.2) is 14.1 Å². The molecule has 8 nitrogen and oxygen atoms in total. The molecule has 4 rings (SSSR count). The Morgan fingerprint density at radius 1 is 1.06 bits per heavy atom. The maximum atomic E-state index is 13.2. The summed E-state index contributed by atoms with van der Waals surface area (Å²) in [4.78, 5) is 31.6. The highest BCUT2D eigenvalue weighted by molar-refractivity contribution is 6.04. The quantitative estimate of drug-likeness (QED) is 0.697. The predicted molar refractivity (Wildman–Crippen MR) is 112 cm³/mol. The number of halogens is 1. The summed E-state index contributed by atoms with van der Waals surface area (Å²) in [5.41, 5.74) is 2.31. The van der Waals surface area contributed by atoms with E-state index in [-0.39, 0.29) is 17.5 Å². The molecule has 0 spiro atoms. The van der Waals surface area contributed by atoms with Crippen LogP contribution in [-0.4, -0.2) is 57.8 Å². The number of morpholine rings is 1. The number of benzene rings is 2. The normalized spacial score (nSPS) is 13.8. The minimum atomic E-state index is -0.497. The lowest BCUT2D eigenvalue weighted by atomic mass is 10.0. The molecule has 0 bridgehead atoms. The maximum absolute atomic E-state index is 13.2. The van der Waals surface area contributed by atoms with Gasteiger partial charge in [0.05, 0.1) is 18.9 Å². The monoisotopic (exact) mass is 423 g/mol. The zero-order valence-electron chi connectivity index (χ0n) is 17.3. The molecule has 9 heteroatoms. The summed E-state index contributed by atoms with van der Waals surface area (Å²) in [6.45, 7) is 5.61.